The van der Waals surface area contributed by atoms with Gasteiger partial charge in [0.05, 0.1) is 12.8 Å². The molecule has 3 rings (SSSR count). The van der Waals surface area contributed by atoms with Crippen molar-refractivity contribution in [2.45, 2.75) is 18.9 Å². The van der Waals surface area contributed by atoms with Gasteiger partial charge in [0.2, 0.25) is 11.8 Å². The molecule has 0 N–H and O–H groups in total. The van der Waals surface area contributed by atoms with Crippen LogP contribution in [0, 0.1) is 17.1 Å². The molecule has 0 radical (unpaired) electrons. The Labute approximate surface area is 146 Å². The number of hydrogen-bond donors (Lipinski definition) is 0. The van der Waals surface area contributed by atoms with Gasteiger partial charge in [0.25, 0.3) is 0 Å². The van der Waals surface area contributed by atoms with Gasteiger partial charge in [0.1, 0.15) is 17.4 Å². The molecule has 2 heterocycles. The van der Waals surface area contributed by atoms with Crippen LogP contribution < -0.4 is 14.5 Å². The lowest BCUT2D eigenvalue weighted by Gasteiger charge is -2.39. The SMILES string of the molecule is COc1ccnc(N(C)C2CCCN(c3cccc(F)c3C#N)C2)n1. The van der Waals surface area contributed by atoms with Crippen molar-refractivity contribution in [3.8, 4) is 11.9 Å². The van der Waals surface area contributed by atoms with Gasteiger partial charge in [-0.2, -0.15) is 10.2 Å². The molecule has 1 saturated heterocycles. The van der Waals surface area contributed by atoms with Crippen LogP contribution >= 0.6 is 0 Å². The lowest BCUT2D eigenvalue weighted by atomic mass is 10.0. The monoisotopic (exact) mass is 341 g/mol. The van der Waals surface area contributed by atoms with E-state index in [1.54, 1.807) is 31.5 Å². The quantitative estimate of drug-likeness (QED) is 0.852. The van der Waals surface area contributed by atoms with E-state index < -0.39 is 5.82 Å². The van der Waals surface area contributed by atoms with Crippen molar-refractivity contribution in [3.63, 3.8) is 0 Å². The van der Waals surface area contributed by atoms with Gasteiger partial charge in [-0.05, 0) is 25.0 Å². The predicted molar refractivity (Wildman–Crippen MR) is 93.3 cm³/mol. The number of nitrogens with zero attached hydrogens (tertiary/aromatic N) is 5. The number of methoxy groups -OCH3 is 1. The molecule has 1 aromatic carbocycles. The number of aromatic nitrogens is 2. The molecule has 0 spiro atoms. The Hall–Kier alpha value is -2.88. The van der Waals surface area contributed by atoms with Crippen LogP contribution in [-0.2, 0) is 0 Å². The van der Waals surface area contributed by atoms with Crippen LogP contribution in [-0.4, -0.2) is 43.3 Å². The number of hydrogen-bond acceptors (Lipinski definition) is 6. The zero-order valence-electron chi connectivity index (χ0n) is 14.3. The predicted octanol–water partition coefficient (Wildman–Crippen LogP) is 2.60. The summed E-state index contributed by atoms with van der Waals surface area (Å²) in [4.78, 5) is 12.8. The molecule has 6 nitrogen and oxygen atoms in total. The van der Waals surface area contributed by atoms with Crippen LogP contribution in [0.15, 0.2) is 30.5 Å². The van der Waals surface area contributed by atoms with Gasteiger partial charge in [-0.3, -0.25) is 0 Å². The lowest BCUT2D eigenvalue weighted by molar-refractivity contribution is 0.395. The topological polar surface area (TPSA) is 65.3 Å². The third kappa shape index (κ3) is 3.48. The maximum atomic E-state index is 13.9. The molecule has 1 aliphatic heterocycles. The van der Waals surface area contributed by atoms with Crippen LogP contribution in [0.5, 0.6) is 5.88 Å². The van der Waals surface area contributed by atoms with Gasteiger partial charge in [0, 0.05) is 38.4 Å². The van der Waals surface area contributed by atoms with Gasteiger partial charge in [0.15, 0.2) is 0 Å². The minimum absolute atomic E-state index is 0.100. The molecule has 2 aromatic rings. The van der Waals surface area contributed by atoms with Crippen molar-refractivity contribution in [2.75, 3.05) is 37.0 Å². The highest BCUT2D eigenvalue weighted by molar-refractivity contribution is 5.60. The second kappa shape index (κ2) is 7.34. The van der Waals surface area contributed by atoms with E-state index in [0.29, 0.717) is 24.1 Å². The van der Waals surface area contributed by atoms with E-state index in [4.69, 9.17) is 4.74 Å². The summed E-state index contributed by atoms with van der Waals surface area (Å²) < 4.78 is 19.1. The molecule has 0 saturated carbocycles. The average Bonchev–Trinajstić information content (AvgIpc) is 2.67. The van der Waals surface area contributed by atoms with Gasteiger partial charge < -0.3 is 14.5 Å². The summed E-state index contributed by atoms with van der Waals surface area (Å²) in [6.45, 7) is 1.47. The second-order valence-corrected chi connectivity index (χ2v) is 6.00. The summed E-state index contributed by atoms with van der Waals surface area (Å²) in [5.41, 5.74) is 0.746. The first-order valence-electron chi connectivity index (χ1n) is 8.17. The number of anilines is 2. The molecule has 25 heavy (non-hydrogen) atoms. The number of ether oxygens (including phenoxy) is 1. The molecule has 0 bridgehead atoms. The summed E-state index contributed by atoms with van der Waals surface area (Å²) in [6, 6.07) is 8.61. The molecule has 1 aliphatic rings. The van der Waals surface area contributed by atoms with Crippen molar-refractivity contribution < 1.29 is 9.13 Å². The average molecular weight is 341 g/mol. The Balaban J connectivity index is 1.82. The zero-order valence-corrected chi connectivity index (χ0v) is 14.3. The van der Waals surface area contributed by atoms with Crippen LogP contribution in [0.3, 0.4) is 0 Å². The molecule has 7 heteroatoms. The van der Waals surface area contributed by atoms with Crippen molar-refractivity contribution in [2.24, 2.45) is 0 Å². The maximum Gasteiger partial charge on any atom is 0.228 e. The lowest BCUT2D eigenvalue weighted by Crippen LogP contribution is -2.47. The molecular formula is C18H20FN5O. The fourth-order valence-corrected chi connectivity index (χ4v) is 3.16. The molecule has 1 fully saturated rings. The Morgan fingerprint density at radius 3 is 3.00 bits per heavy atom. The van der Waals surface area contributed by atoms with Crippen molar-refractivity contribution in [3.05, 3.63) is 41.8 Å². The smallest absolute Gasteiger partial charge is 0.228 e. The highest BCUT2D eigenvalue weighted by Gasteiger charge is 2.27. The van der Waals surface area contributed by atoms with E-state index in [1.807, 2.05) is 18.0 Å². The van der Waals surface area contributed by atoms with Crippen molar-refractivity contribution in [1.29, 1.82) is 5.26 Å². The molecular weight excluding hydrogens is 321 g/mol. The molecule has 1 unspecified atom stereocenters. The molecule has 1 aromatic heterocycles. The summed E-state index contributed by atoms with van der Waals surface area (Å²) in [5, 5.41) is 9.28. The number of piperidine rings is 1. The molecule has 0 aliphatic carbocycles. The van der Waals surface area contributed by atoms with E-state index in [2.05, 4.69) is 14.9 Å². The largest absolute Gasteiger partial charge is 0.481 e. The fourth-order valence-electron chi connectivity index (χ4n) is 3.16. The first kappa shape index (κ1) is 17.0. The van der Waals surface area contributed by atoms with E-state index in [-0.39, 0.29) is 11.6 Å². The first-order chi connectivity index (χ1) is 12.1. The van der Waals surface area contributed by atoms with Crippen LogP contribution in [0.1, 0.15) is 18.4 Å². The molecule has 1 atom stereocenters. The third-order valence-electron chi connectivity index (χ3n) is 4.53. The van der Waals surface area contributed by atoms with Crippen LogP contribution in [0.4, 0.5) is 16.0 Å². The van der Waals surface area contributed by atoms with Gasteiger partial charge in [-0.25, -0.2) is 9.37 Å². The minimum Gasteiger partial charge on any atom is -0.481 e. The van der Waals surface area contributed by atoms with Crippen molar-refractivity contribution in [1.82, 2.24) is 9.97 Å². The summed E-state index contributed by atoms with van der Waals surface area (Å²) in [5.74, 6) is 0.624. The van der Waals surface area contributed by atoms with E-state index in [9.17, 15) is 9.65 Å². The summed E-state index contributed by atoms with van der Waals surface area (Å²) in [7, 11) is 3.52. The highest BCUT2D eigenvalue weighted by atomic mass is 19.1. The van der Waals surface area contributed by atoms with E-state index in [0.717, 1.165) is 19.4 Å². The molecule has 0 amide bonds. The standard InChI is InChI=1S/C18H20FN5O/c1-23(18-21-9-8-17(22-18)25-2)13-5-4-10-24(12-13)16-7-3-6-15(19)14(16)11-20/h3,6-9,13H,4-5,10,12H2,1-2H3. The number of halogens is 1. The van der Waals surface area contributed by atoms with E-state index >= 15 is 0 Å². The fraction of sp³-hybridized carbons (Fsp3) is 0.389. The number of likely N-dealkylation sites (N-methyl/N-ethyl adjacent to an activating group) is 1. The Kier molecular flexibility index (Phi) is 4.98. The summed E-state index contributed by atoms with van der Waals surface area (Å²) in [6.07, 6.45) is 3.59. The highest BCUT2D eigenvalue weighted by Crippen LogP contribution is 2.28. The number of benzene rings is 1. The van der Waals surface area contributed by atoms with Gasteiger partial charge in [-0.15, -0.1) is 0 Å². The van der Waals surface area contributed by atoms with Gasteiger partial charge in [-0.1, -0.05) is 6.07 Å². The maximum absolute atomic E-state index is 13.9. The van der Waals surface area contributed by atoms with E-state index in [1.165, 1.54) is 6.07 Å². The van der Waals surface area contributed by atoms with Gasteiger partial charge >= 0.3 is 0 Å². The summed E-state index contributed by atoms with van der Waals surface area (Å²) >= 11 is 0. The normalized spacial score (nSPS) is 17.0. The van der Waals surface area contributed by atoms with Crippen LogP contribution in [0.2, 0.25) is 0 Å². The Morgan fingerprint density at radius 2 is 2.24 bits per heavy atom. The van der Waals surface area contributed by atoms with Crippen molar-refractivity contribution >= 4 is 11.6 Å². The zero-order chi connectivity index (χ0) is 17.8. The molecule has 130 valence electrons. The Bertz CT molecular complexity index is 791. The first-order valence-corrected chi connectivity index (χ1v) is 8.17. The van der Waals surface area contributed by atoms with Crippen LogP contribution in [0.25, 0.3) is 0 Å². The second-order valence-electron chi connectivity index (χ2n) is 6.00. The minimum atomic E-state index is -0.480. The number of rotatable bonds is 4. The Morgan fingerprint density at radius 1 is 1.40 bits per heavy atom. The number of nitriles is 1. The third-order valence-corrected chi connectivity index (χ3v) is 4.53.